The average Bonchev–Trinajstić information content (AvgIpc) is 2.58. The van der Waals surface area contributed by atoms with E-state index in [9.17, 15) is 0 Å². The third-order valence-corrected chi connectivity index (χ3v) is 3.26. The minimum Gasteiger partial charge on any atom is -0.369 e. The van der Waals surface area contributed by atoms with Gasteiger partial charge in [-0.05, 0) is 18.8 Å². The van der Waals surface area contributed by atoms with Crippen LogP contribution in [0.3, 0.4) is 0 Å². The highest BCUT2D eigenvalue weighted by Gasteiger charge is 2.63. The van der Waals surface area contributed by atoms with Crippen LogP contribution in [0.5, 0.6) is 0 Å². The minimum atomic E-state index is 0.328. The van der Waals surface area contributed by atoms with Crippen molar-refractivity contribution in [2.24, 2.45) is 17.8 Å². The van der Waals surface area contributed by atoms with Crippen molar-refractivity contribution in [3.8, 4) is 6.07 Å². The maximum absolute atomic E-state index is 8.72. The molecule has 3 rings (SSSR count). The Balaban J connectivity index is 1.93. The number of nitriles is 1. The number of ether oxygens (including phenoxy) is 1. The molecule has 2 nitrogen and oxygen atoms in total. The van der Waals surface area contributed by atoms with E-state index < -0.39 is 0 Å². The average molecular weight is 135 g/mol. The predicted molar refractivity (Wildman–Crippen MR) is 34.0 cm³/mol. The molecule has 3 aliphatic rings. The van der Waals surface area contributed by atoms with Crippen LogP contribution < -0.4 is 0 Å². The summed E-state index contributed by atoms with van der Waals surface area (Å²) in [6.45, 7) is 0. The number of hydrogen-bond acceptors (Lipinski definition) is 2. The van der Waals surface area contributed by atoms with Gasteiger partial charge in [0.2, 0.25) is 0 Å². The number of epoxide rings is 1. The van der Waals surface area contributed by atoms with Crippen LogP contribution in [0.15, 0.2) is 0 Å². The van der Waals surface area contributed by atoms with Crippen molar-refractivity contribution < 1.29 is 4.74 Å². The van der Waals surface area contributed by atoms with Crippen molar-refractivity contribution in [1.82, 2.24) is 0 Å². The summed E-state index contributed by atoms with van der Waals surface area (Å²) in [5, 5.41) is 8.72. The van der Waals surface area contributed by atoms with Crippen molar-refractivity contribution in [2.75, 3.05) is 0 Å². The minimum absolute atomic E-state index is 0.328. The van der Waals surface area contributed by atoms with Gasteiger partial charge in [0, 0.05) is 5.92 Å². The Hall–Kier alpha value is -0.550. The molecule has 1 saturated heterocycles. The summed E-state index contributed by atoms with van der Waals surface area (Å²) in [6, 6.07) is 2.37. The lowest BCUT2D eigenvalue weighted by Gasteiger charge is -2.09. The van der Waals surface area contributed by atoms with E-state index in [1.807, 2.05) is 0 Å². The zero-order valence-electron chi connectivity index (χ0n) is 5.66. The normalized spacial score (nSPS) is 61.7. The van der Waals surface area contributed by atoms with Crippen LogP contribution in [0, 0.1) is 29.1 Å². The molecule has 2 bridgehead atoms. The Morgan fingerprint density at radius 2 is 2.20 bits per heavy atom. The highest BCUT2D eigenvalue weighted by atomic mass is 16.6. The molecule has 0 radical (unpaired) electrons. The lowest BCUT2D eigenvalue weighted by Crippen LogP contribution is -2.15. The molecule has 5 atom stereocenters. The van der Waals surface area contributed by atoms with Crippen molar-refractivity contribution >= 4 is 0 Å². The summed E-state index contributed by atoms with van der Waals surface area (Å²) in [7, 11) is 0. The Morgan fingerprint density at radius 3 is 2.80 bits per heavy atom. The Labute approximate surface area is 59.8 Å². The summed E-state index contributed by atoms with van der Waals surface area (Å²) in [5.74, 6) is 1.69. The molecule has 1 aliphatic heterocycles. The van der Waals surface area contributed by atoms with Gasteiger partial charge in [0.1, 0.15) is 0 Å². The van der Waals surface area contributed by atoms with E-state index >= 15 is 0 Å². The topological polar surface area (TPSA) is 36.3 Å². The molecule has 0 amide bonds. The van der Waals surface area contributed by atoms with E-state index in [-0.39, 0.29) is 0 Å². The first-order valence-corrected chi connectivity index (χ1v) is 3.95. The van der Waals surface area contributed by atoms with Gasteiger partial charge in [-0.1, -0.05) is 0 Å². The molecule has 2 saturated carbocycles. The van der Waals surface area contributed by atoms with E-state index in [0.717, 1.165) is 12.3 Å². The summed E-state index contributed by atoms with van der Waals surface area (Å²) in [4.78, 5) is 0. The number of nitrogens with zero attached hydrogens (tertiary/aromatic N) is 1. The van der Waals surface area contributed by atoms with Gasteiger partial charge in [0.05, 0.1) is 24.2 Å². The maximum Gasteiger partial charge on any atom is 0.0885 e. The molecule has 52 valence electrons. The third kappa shape index (κ3) is 0.411. The second-order valence-corrected chi connectivity index (χ2v) is 3.70. The van der Waals surface area contributed by atoms with E-state index in [4.69, 9.17) is 10.00 Å². The summed E-state index contributed by atoms with van der Waals surface area (Å²) in [6.07, 6.45) is 3.47. The summed E-state index contributed by atoms with van der Waals surface area (Å²) < 4.78 is 5.42. The van der Waals surface area contributed by atoms with Gasteiger partial charge >= 0.3 is 0 Å². The van der Waals surface area contributed by atoms with Crippen LogP contribution in [0.2, 0.25) is 0 Å². The van der Waals surface area contributed by atoms with Gasteiger partial charge in [0.25, 0.3) is 0 Å². The molecule has 10 heavy (non-hydrogen) atoms. The molecule has 1 heterocycles. The van der Waals surface area contributed by atoms with Crippen LogP contribution in [-0.4, -0.2) is 12.2 Å². The van der Waals surface area contributed by atoms with Gasteiger partial charge in [-0.2, -0.15) is 5.26 Å². The lowest BCUT2D eigenvalue weighted by molar-refractivity contribution is 0.259. The van der Waals surface area contributed by atoms with Gasteiger partial charge in [-0.25, -0.2) is 0 Å². The quantitative estimate of drug-likeness (QED) is 0.463. The van der Waals surface area contributed by atoms with E-state index in [2.05, 4.69) is 6.07 Å². The molecule has 0 unspecified atom stereocenters. The summed E-state index contributed by atoms with van der Waals surface area (Å²) in [5.41, 5.74) is 0. The maximum atomic E-state index is 8.72. The van der Waals surface area contributed by atoms with Crippen LogP contribution >= 0.6 is 0 Å². The first kappa shape index (κ1) is 5.15. The molecule has 2 aliphatic carbocycles. The first-order chi connectivity index (χ1) is 4.90. The molecule has 0 N–H and O–H groups in total. The largest absolute Gasteiger partial charge is 0.369 e. The fourth-order valence-corrected chi connectivity index (χ4v) is 2.75. The van der Waals surface area contributed by atoms with Crippen molar-refractivity contribution in [1.29, 1.82) is 5.26 Å². The number of fused-ring (bicyclic) bond motifs is 5. The Kier molecular flexibility index (Phi) is 0.709. The Bertz CT molecular complexity index is 220. The first-order valence-electron chi connectivity index (χ1n) is 3.95. The third-order valence-electron chi connectivity index (χ3n) is 3.26. The van der Waals surface area contributed by atoms with E-state index in [1.165, 1.54) is 6.42 Å². The molecule has 0 aromatic carbocycles. The van der Waals surface area contributed by atoms with Crippen LogP contribution in [-0.2, 0) is 4.74 Å². The molecule has 3 fully saturated rings. The predicted octanol–water partition coefficient (Wildman–Crippen LogP) is 0.933. The van der Waals surface area contributed by atoms with Gasteiger partial charge in [-0.15, -0.1) is 0 Å². The zero-order chi connectivity index (χ0) is 6.72. The Morgan fingerprint density at radius 1 is 1.30 bits per heavy atom. The molecule has 0 aromatic rings. The van der Waals surface area contributed by atoms with Crippen LogP contribution in [0.4, 0.5) is 0 Å². The second-order valence-electron chi connectivity index (χ2n) is 3.70. The van der Waals surface area contributed by atoms with Crippen molar-refractivity contribution in [3.63, 3.8) is 0 Å². The fraction of sp³-hybridized carbons (Fsp3) is 0.875. The van der Waals surface area contributed by atoms with E-state index in [0.29, 0.717) is 24.0 Å². The van der Waals surface area contributed by atoms with Crippen molar-refractivity contribution in [2.45, 2.75) is 25.0 Å². The number of hydrogen-bond donors (Lipinski definition) is 0. The monoisotopic (exact) mass is 135 g/mol. The molecule has 2 heteroatoms. The standard InChI is InChI=1S/C8H9NO/c9-3-5-1-4-2-6(5)8-7(4)10-8/h4-8H,1-2H2/t4-,5+,6-,7-,8-/m0/s1. The SMILES string of the molecule is N#C[C@H]1C[C@H]2C[C@@H]1[C@@H]1O[C@@H]21. The zero-order valence-corrected chi connectivity index (χ0v) is 5.66. The smallest absolute Gasteiger partial charge is 0.0885 e. The highest BCUT2D eigenvalue weighted by Crippen LogP contribution is 2.58. The highest BCUT2D eigenvalue weighted by molar-refractivity contribution is 5.14. The van der Waals surface area contributed by atoms with Gasteiger partial charge < -0.3 is 4.74 Å². The summed E-state index contributed by atoms with van der Waals surface area (Å²) >= 11 is 0. The van der Waals surface area contributed by atoms with Crippen LogP contribution in [0.25, 0.3) is 0 Å². The van der Waals surface area contributed by atoms with Gasteiger partial charge in [-0.3, -0.25) is 0 Å². The molecule has 0 aromatic heterocycles. The lowest BCUT2D eigenvalue weighted by atomic mass is 9.90. The van der Waals surface area contributed by atoms with Gasteiger partial charge in [0.15, 0.2) is 0 Å². The second kappa shape index (κ2) is 1.38. The van der Waals surface area contributed by atoms with Crippen LogP contribution in [0.1, 0.15) is 12.8 Å². The van der Waals surface area contributed by atoms with Crippen molar-refractivity contribution in [3.05, 3.63) is 0 Å². The molecular weight excluding hydrogens is 126 g/mol. The fourth-order valence-electron chi connectivity index (χ4n) is 2.75. The number of rotatable bonds is 0. The molecule has 0 spiro atoms. The van der Waals surface area contributed by atoms with E-state index in [1.54, 1.807) is 0 Å². The molecular formula is C8H9NO.